The average Bonchev–Trinajstić information content (AvgIpc) is 3.22. The van der Waals surface area contributed by atoms with Crippen LogP contribution in [0, 0.1) is 6.92 Å². The van der Waals surface area contributed by atoms with Crippen LogP contribution >= 0.6 is 11.8 Å². The quantitative estimate of drug-likeness (QED) is 0.431. The molecule has 2 amide bonds. The summed E-state index contributed by atoms with van der Waals surface area (Å²) in [6.45, 7) is 2.24. The summed E-state index contributed by atoms with van der Waals surface area (Å²) < 4.78 is 11.0. The van der Waals surface area contributed by atoms with E-state index in [1.165, 1.54) is 5.56 Å². The smallest absolute Gasteiger partial charge is 0.305 e. The van der Waals surface area contributed by atoms with E-state index in [0.29, 0.717) is 17.3 Å². The van der Waals surface area contributed by atoms with Crippen molar-refractivity contribution < 1.29 is 18.7 Å². The molecule has 0 bridgehead atoms. The zero-order valence-electron chi connectivity index (χ0n) is 16.0. The molecule has 3 rings (SSSR count). The van der Waals surface area contributed by atoms with Gasteiger partial charge >= 0.3 is 5.91 Å². The molecule has 150 valence electrons. The van der Waals surface area contributed by atoms with Gasteiger partial charge in [0, 0.05) is 17.1 Å². The second-order valence-corrected chi connectivity index (χ2v) is 7.45. The number of ether oxygens (including phenoxy) is 1. The van der Waals surface area contributed by atoms with Gasteiger partial charge in [-0.3, -0.25) is 20.4 Å². The van der Waals surface area contributed by atoms with Crippen molar-refractivity contribution in [3.05, 3.63) is 83.8 Å². The Bertz CT molecular complexity index is 939. The van der Waals surface area contributed by atoms with Crippen LogP contribution in [0.5, 0.6) is 5.75 Å². The van der Waals surface area contributed by atoms with Crippen LogP contribution in [0.2, 0.25) is 0 Å². The number of nitrogens with one attached hydrogen (secondary N) is 2. The number of furan rings is 1. The fraction of sp³-hybridized carbons (Fsp3) is 0.182. The van der Waals surface area contributed by atoms with Gasteiger partial charge < -0.3 is 9.15 Å². The minimum Gasteiger partial charge on any atom is -0.486 e. The Kier molecular flexibility index (Phi) is 7.35. The molecular weight excluding hydrogens is 388 g/mol. The first-order chi connectivity index (χ1) is 14.1. The number of aryl methyl sites for hydroxylation is 1. The lowest BCUT2D eigenvalue weighted by molar-refractivity contribution is -0.121. The maximum absolute atomic E-state index is 12.1. The number of para-hydroxylation sites is 1. The number of hydrogen-bond acceptors (Lipinski definition) is 5. The van der Waals surface area contributed by atoms with E-state index >= 15 is 0 Å². The summed E-state index contributed by atoms with van der Waals surface area (Å²) in [6, 6.07) is 20.6. The van der Waals surface area contributed by atoms with Gasteiger partial charge in [-0.1, -0.05) is 35.9 Å². The highest BCUT2D eigenvalue weighted by molar-refractivity contribution is 7.99. The van der Waals surface area contributed by atoms with Gasteiger partial charge in [-0.05, 0) is 43.3 Å². The van der Waals surface area contributed by atoms with Crippen molar-refractivity contribution in [3.63, 3.8) is 0 Å². The van der Waals surface area contributed by atoms with E-state index in [4.69, 9.17) is 9.15 Å². The Morgan fingerprint density at radius 1 is 0.966 bits per heavy atom. The first kappa shape index (κ1) is 20.5. The van der Waals surface area contributed by atoms with Gasteiger partial charge in [0.05, 0.1) is 0 Å². The first-order valence-corrected chi connectivity index (χ1v) is 10.1. The summed E-state index contributed by atoms with van der Waals surface area (Å²) in [5, 5.41) is 0. The molecule has 2 N–H and O–H groups in total. The molecular formula is C22H22N2O4S. The lowest BCUT2D eigenvalue weighted by Crippen LogP contribution is -2.41. The molecule has 0 aliphatic carbocycles. The van der Waals surface area contributed by atoms with Gasteiger partial charge in [0.15, 0.2) is 5.76 Å². The van der Waals surface area contributed by atoms with Crippen LogP contribution in [0.15, 0.2) is 76.0 Å². The Hall–Kier alpha value is -3.19. The Morgan fingerprint density at radius 3 is 2.48 bits per heavy atom. The molecule has 2 aromatic carbocycles. The van der Waals surface area contributed by atoms with Gasteiger partial charge in [-0.2, -0.15) is 0 Å². The Labute approximate surface area is 173 Å². The van der Waals surface area contributed by atoms with E-state index in [1.807, 2.05) is 61.5 Å². The van der Waals surface area contributed by atoms with E-state index in [2.05, 4.69) is 10.9 Å². The molecule has 1 aromatic heterocycles. The molecule has 0 saturated carbocycles. The standard InChI is InChI=1S/C22H22N2O4S/c1-16-7-10-19(11-8-16)29-14-13-21(25)23-24-22(26)20-12-9-18(28-20)15-27-17-5-3-2-4-6-17/h2-12H,13-15H2,1H3,(H,23,25)(H,24,26). The average molecular weight is 410 g/mol. The van der Waals surface area contributed by atoms with Gasteiger partial charge in [0.1, 0.15) is 18.1 Å². The second kappa shape index (κ2) is 10.4. The highest BCUT2D eigenvalue weighted by atomic mass is 32.2. The molecule has 1 heterocycles. The molecule has 6 nitrogen and oxygen atoms in total. The number of carbonyl (C=O) groups is 2. The van der Waals surface area contributed by atoms with Crippen LogP contribution in [-0.2, 0) is 11.4 Å². The number of rotatable bonds is 8. The molecule has 0 radical (unpaired) electrons. The third-order valence-corrected chi connectivity index (χ3v) is 4.96. The topological polar surface area (TPSA) is 80.6 Å². The summed E-state index contributed by atoms with van der Waals surface area (Å²) in [7, 11) is 0. The molecule has 29 heavy (non-hydrogen) atoms. The zero-order valence-corrected chi connectivity index (χ0v) is 16.8. The van der Waals surface area contributed by atoms with Crippen molar-refractivity contribution in [2.45, 2.75) is 24.8 Å². The number of carbonyl (C=O) groups excluding carboxylic acids is 2. The van der Waals surface area contributed by atoms with Gasteiger partial charge in [0.25, 0.3) is 0 Å². The number of hydrazine groups is 1. The summed E-state index contributed by atoms with van der Waals surface area (Å²) in [4.78, 5) is 25.1. The maximum Gasteiger partial charge on any atom is 0.305 e. The summed E-state index contributed by atoms with van der Waals surface area (Å²) in [5.74, 6) is 1.16. The lowest BCUT2D eigenvalue weighted by Gasteiger charge is -2.06. The van der Waals surface area contributed by atoms with E-state index < -0.39 is 5.91 Å². The third-order valence-electron chi connectivity index (χ3n) is 3.94. The first-order valence-electron chi connectivity index (χ1n) is 9.15. The summed E-state index contributed by atoms with van der Waals surface area (Å²) in [6.07, 6.45) is 0.285. The van der Waals surface area contributed by atoms with Crippen molar-refractivity contribution in [1.82, 2.24) is 10.9 Å². The van der Waals surface area contributed by atoms with Crippen LogP contribution in [0.1, 0.15) is 28.3 Å². The number of benzene rings is 2. The molecule has 3 aromatic rings. The Balaban J connectivity index is 1.37. The van der Waals surface area contributed by atoms with Gasteiger partial charge in [0.2, 0.25) is 5.91 Å². The van der Waals surface area contributed by atoms with Gasteiger partial charge in [-0.25, -0.2) is 0 Å². The molecule has 0 fully saturated rings. The van der Waals surface area contributed by atoms with Crippen LogP contribution in [-0.4, -0.2) is 17.6 Å². The maximum atomic E-state index is 12.1. The summed E-state index contributed by atoms with van der Waals surface area (Å²) >= 11 is 1.59. The largest absolute Gasteiger partial charge is 0.486 e. The van der Waals surface area contributed by atoms with Crippen molar-refractivity contribution in [1.29, 1.82) is 0 Å². The summed E-state index contributed by atoms with van der Waals surface area (Å²) in [5.41, 5.74) is 5.96. The third kappa shape index (κ3) is 6.73. The van der Waals surface area contributed by atoms with Crippen molar-refractivity contribution in [3.8, 4) is 5.75 Å². The fourth-order valence-electron chi connectivity index (χ4n) is 2.40. The number of amides is 2. The van der Waals surface area contributed by atoms with Crippen LogP contribution in [0.25, 0.3) is 0 Å². The van der Waals surface area contributed by atoms with E-state index in [-0.39, 0.29) is 24.7 Å². The SMILES string of the molecule is Cc1ccc(SCCC(=O)NNC(=O)c2ccc(COc3ccccc3)o2)cc1. The number of thioether (sulfide) groups is 1. The molecule has 0 unspecified atom stereocenters. The van der Waals surface area contributed by atoms with E-state index in [9.17, 15) is 9.59 Å². The second-order valence-electron chi connectivity index (χ2n) is 6.28. The minimum atomic E-state index is -0.518. The lowest BCUT2D eigenvalue weighted by atomic mass is 10.2. The van der Waals surface area contributed by atoms with Crippen LogP contribution in [0.4, 0.5) is 0 Å². The predicted molar refractivity (Wildman–Crippen MR) is 112 cm³/mol. The fourth-order valence-corrected chi connectivity index (χ4v) is 3.25. The predicted octanol–water partition coefficient (Wildman–Crippen LogP) is 4.11. The molecule has 0 spiro atoms. The molecule has 0 atom stereocenters. The Morgan fingerprint density at radius 2 is 1.72 bits per heavy atom. The molecule has 0 aliphatic heterocycles. The normalized spacial score (nSPS) is 10.4. The van der Waals surface area contributed by atoms with Crippen LogP contribution < -0.4 is 15.6 Å². The highest BCUT2D eigenvalue weighted by Crippen LogP contribution is 2.19. The van der Waals surface area contributed by atoms with E-state index in [1.54, 1.807) is 23.9 Å². The van der Waals surface area contributed by atoms with Crippen molar-refractivity contribution >= 4 is 23.6 Å². The zero-order chi connectivity index (χ0) is 20.5. The molecule has 0 saturated heterocycles. The highest BCUT2D eigenvalue weighted by Gasteiger charge is 2.12. The van der Waals surface area contributed by atoms with Gasteiger partial charge in [-0.15, -0.1) is 11.8 Å². The van der Waals surface area contributed by atoms with Crippen molar-refractivity contribution in [2.24, 2.45) is 0 Å². The molecule has 7 heteroatoms. The molecule has 0 aliphatic rings. The van der Waals surface area contributed by atoms with Crippen molar-refractivity contribution in [2.75, 3.05) is 5.75 Å². The number of hydrogen-bond donors (Lipinski definition) is 2. The van der Waals surface area contributed by atoms with E-state index in [0.717, 1.165) is 4.90 Å². The monoisotopic (exact) mass is 410 g/mol. The van der Waals surface area contributed by atoms with Crippen LogP contribution in [0.3, 0.4) is 0 Å². The minimum absolute atomic E-state index is 0.103.